The number of hydrogen-bond acceptors (Lipinski definition) is 4. The van der Waals surface area contributed by atoms with Crippen LogP contribution >= 0.6 is 11.6 Å². The molecule has 4 nitrogen and oxygen atoms in total. The average molecular weight is 228 g/mol. The highest BCUT2D eigenvalue weighted by atomic mass is 35.5. The molecule has 2 heterocycles. The lowest BCUT2D eigenvalue weighted by molar-refractivity contribution is 0.180. The first-order valence-electron chi connectivity index (χ1n) is 5.05. The van der Waals surface area contributed by atoms with Crippen molar-refractivity contribution in [2.75, 3.05) is 25.2 Å². The first-order chi connectivity index (χ1) is 7.33. The van der Waals surface area contributed by atoms with Crippen molar-refractivity contribution < 1.29 is 4.74 Å². The molecule has 1 aliphatic heterocycles. The van der Waals surface area contributed by atoms with Gasteiger partial charge in [0.1, 0.15) is 0 Å². The smallest absolute Gasteiger partial charge is 0.171 e. The minimum absolute atomic E-state index is 0.379. The number of anilines is 1. The molecular weight excluding hydrogens is 214 g/mol. The number of aromatic nitrogens is 2. The molecule has 0 aliphatic carbocycles. The average Bonchev–Trinajstić information content (AvgIpc) is 2.67. The molecule has 82 valence electrons. The second kappa shape index (κ2) is 4.77. The third-order valence-electron chi connectivity index (χ3n) is 2.64. The standard InChI is InChI=1S/C10H14ClN3O/c1-15-7-8-3-2-6-14(8)10-9(11)12-4-5-13-10/h4-5,8H,2-3,6-7H2,1H3/t8-/m0/s1. The Morgan fingerprint density at radius 1 is 1.53 bits per heavy atom. The highest BCUT2D eigenvalue weighted by Crippen LogP contribution is 2.28. The normalized spacial score (nSPS) is 20.9. The number of nitrogens with zero attached hydrogens (tertiary/aromatic N) is 3. The number of hydrogen-bond donors (Lipinski definition) is 0. The van der Waals surface area contributed by atoms with Crippen LogP contribution in [0.2, 0.25) is 5.15 Å². The van der Waals surface area contributed by atoms with E-state index >= 15 is 0 Å². The van der Waals surface area contributed by atoms with E-state index in [1.807, 2.05) is 0 Å². The van der Waals surface area contributed by atoms with Gasteiger partial charge in [-0.15, -0.1) is 0 Å². The Morgan fingerprint density at radius 2 is 2.33 bits per heavy atom. The van der Waals surface area contributed by atoms with Gasteiger partial charge in [0.15, 0.2) is 11.0 Å². The van der Waals surface area contributed by atoms with Gasteiger partial charge in [-0.1, -0.05) is 11.6 Å². The van der Waals surface area contributed by atoms with Crippen molar-refractivity contribution in [1.82, 2.24) is 9.97 Å². The van der Waals surface area contributed by atoms with Crippen molar-refractivity contribution >= 4 is 17.4 Å². The summed E-state index contributed by atoms with van der Waals surface area (Å²) in [6.07, 6.45) is 5.55. The second-order valence-corrected chi connectivity index (χ2v) is 3.97. The molecule has 1 aromatic heterocycles. The number of ether oxygens (including phenoxy) is 1. The van der Waals surface area contributed by atoms with Crippen LogP contribution in [0.4, 0.5) is 5.82 Å². The molecule has 0 bridgehead atoms. The highest BCUT2D eigenvalue weighted by Gasteiger charge is 2.27. The molecule has 0 radical (unpaired) electrons. The molecule has 15 heavy (non-hydrogen) atoms. The quantitative estimate of drug-likeness (QED) is 0.789. The van der Waals surface area contributed by atoms with E-state index in [0.717, 1.165) is 25.2 Å². The van der Waals surface area contributed by atoms with Crippen molar-refractivity contribution in [3.05, 3.63) is 17.5 Å². The highest BCUT2D eigenvalue weighted by molar-refractivity contribution is 6.31. The molecule has 0 aromatic carbocycles. The van der Waals surface area contributed by atoms with Gasteiger partial charge in [-0.3, -0.25) is 0 Å². The largest absolute Gasteiger partial charge is 0.383 e. The van der Waals surface area contributed by atoms with E-state index in [9.17, 15) is 0 Å². The number of rotatable bonds is 3. The second-order valence-electron chi connectivity index (χ2n) is 3.62. The zero-order chi connectivity index (χ0) is 10.7. The van der Waals surface area contributed by atoms with Crippen LogP contribution in [0.1, 0.15) is 12.8 Å². The fraction of sp³-hybridized carbons (Fsp3) is 0.600. The van der Waals surface area contributed by atoms with Crippen LogP contribution in [-0.4, -0.2) is 36.3 Å². The van der Waals surface area contributed by atoms with Crippen LogP contribution in [0.3, 0.4) is 0 Å². The summed E-state index contributed by atoms with van der Waals surface area (Å²) in [5, 5.41) is 0.473. The topological polar surface area (TPSA) is 38.2 Å². The molecule has 1 aliphatic rings. The lowest BCUT2D eigenvalue weighted by atomic mass is 10.2. The third-order valence-corrected chi connectivity index (χ3v) is 2.91. The monoisotopic (exact) mass is 227 g/mol. The fourth-order valence-corrected chi connectivity index (χ4v) is 2.20. The molecule has 5 heteroatoms. The first kappa shape index (κ1) is 10.6. The fourth-order valence-electron chi connectivity index (χ4n) is 1.99. The molecule has 0 N–H and O–H groups in total. The molecule has 1 saturated heterocycles. The summed E-state index contributed by atoms with van der Waals surface area (Å²) in [5.74, 6) is 0.777. The third kappa shape index (κ3) is 2.21. The minimum Gasteiger partial charge on any atom is -0.383 e. The van der Waals surface area contributed by atoms with Gasteiger partial charge in [-0.2, -0.15) is 0 Å². The van der Waals surface area contributed by atoms with Crippen molar-refractivity contribution in [1.29, 1.82) is 0 Å². The van der Waals surface area contributed by atoms with Crippen LogP contribution in [-0.2, 0) is 4.74 Å². The first-order valence-corrected chi connectivity index (χ1v) is 5.43. The Kier molecular flexibility index (Phi) is 3.38. The van der Waals surface area contributed by atoms with E-state index in [1.165, 1.54) is 0 Å². The van der Waals surface area contributed by atoms with Gasteiger partial charge in [-0.25, -0.2) is 9.97 Å². The van der Waals surface area contributed by atoms with Gasteiger partial charge in [0.2, 0.25) is 0 Å². The maximum absolute atomic E-state index is 6.01. The summed E-state index contributed by atoms with van der Waals surface area (Å²) in [5.41, 5.74) is 0. The van der Waals surface area contributed by atoms with Crippen LogP contribution < -0.4 is 4.90 Å². The molecule has 1 fully saturated rings. The molecule has 1 aromatic rings. The summed E-state index contributed by atoms with van der Waals surface area (Å²) in [6.45, 7) is 1.69. The summed E-state index contributed by atoms with van der Waals surface area (Å²) in [7, 11) is 1.72. The van der Waals surface area contributed by atoms with E-state index < -0.39 is 0 Å². The Balaban J connectivity index is 2.19. The maximum Gasteiger partial charge on any atom is 0.171 e. The predicted molar refractivity (Wildman–Crippen MR) is 59.3 cm³/mol. The van der Waals surface area contributed by atoms with Crippen molar-refractivity contribution in [2.45, 2.75) is 18.9 Å². The van der Waals surface area contributed by atoms with Gasteiger partial charge in [0.25, 0.3) is 0 Å². The van der Waals surface area contributed by atoms with Gasteiger partial charge in [0, 0.05) is 26.0 Å². The number of methoxy groups -OCH3 is 1. The predicted octanol–water partition coefficient (Wildman–Crippen LogP) is 1.75. The van der Waals surface area contributed by atoms with E-state index in [0.29, 0.717) is 17.8 Å². The van der Waals surface area contributed by atoms with Gasteiger partial charge in [0.05, 0.1) is 12.6 Å². The van der Waals surface area contributed by atoms with Crippen LogP contribution in [0.15, 0.2) is 12.4 Å². The van der Waals surface area contributed by atoms with E-state index in [1.54, 1.807) is 19.5 Å². The number of halogens is 1. The van der Waals surface area contributed by atoms with Crippen LogP contribution in [0.5, 0.6) is 0 Å². The lowest BCUT2D eigenvalue weighted by Crippen LogP contribution is -2.33. The molecule has 2 rings (SSSR count). The maximum atomic E-state index is 6.01. The summed E-state index contributed by atoms with van der Waals surface area (Å²) in [6, 6.07) is 0.379. The Labute approximate surface area is 94.2 Å². The van der Waals surface area contributed by atoms with Gasteiger partial charge >= 0.3 is 0 Å². The van der Waals surface area contributed by atoms with Crippen molar-refractivity contribution in [2.24, 2.45) is 0 Å². The lowest BCUT2D eigenvalue weighted by Gasteiger charge is -2.25. The minimum atomic E-state index is 0.379. The van der Waals surface area contributed by atoms with E-state index in [2.05, 4.69) is 14.9 Å². The molecular formula is C10H14ClN3O. The summed E-state index contributed by atoms with van der Waals surface area (Å²) in [4.78, 5) is 10.5. The van der Waals surface area contributed by atoms with E-state index in [4.69, 9.17) is 16.3 Å². The Morgan fingerprint density at radius 3 is 3.07 bits per heavy atom. The molecule has 1 atom stereocenters. The van der Waals surface area contributed by atoms with E-state index in [-0.39, 0.29) is 0 Å². The van der Waals surface area contributed by atoms with Gasteiger partial charge < -0.3 is 9.64 Å². The molecule has 0 spiro atoms. The van der Waals surface area contributed by atoms with Crippen LogP contribution in [0, 0.1) is 0 Å². The molecule has 0 amide bonds. The van der Waals surface area contributed by atoms with Crippen molar-refractivity contribution in [3.8, 4) is 0 Å². The Hall–Kier alpha value is -0.870. The molecule has 0 unspecified atom stereocenters. The molecule has 0 saturated carbocycles. The van der Waals surface area contributed by atoms with Gasteiger partial charge in [-0.05, 0) is 12.8 Å². The SMILES string of the molecule is COC[C@@H]1CCCN1c1nccnc1Cl. The summed E-state index contributed by atoms with van der Waals surface area (Å²) >= 11 is 6.01. The zero-order valence-corrected chi connectivity index (χ0v) is 9.44. The Bertz CT molecular complexity index is 334. The summed E-state index contributed by atoms with van der Waals surface area (Å²) < 4.78 is 5.18. The van der Waals surface area contributed by atoms with Crippen LogP contribution in [0.25, 0.3) is 0 Å². The zero-order valence-electron chi connectivity index (χ0n) is 8.69. The van der Waals surface area contributed by atoms with Crippen molar-refractivity contribution in [3.63, 3.8) is 0 Å².